The number of rotatable bonds is 3. The number of aryl methyl sites for hydroxylation is 2. The van der Waals surface area contributed by atoms with E-state index in [2.05, 4.69) is 40.0 Å². The summed E-state index contributed by atoms with van der Waals surface area (Å²) in [5.74, 6) is 0.909. The molecule has 0 atom stereocenters. The highest BCUT2D eigenvalue weighted by molar-refractivity contribution is 7.16. The van der Waals surface area contributed by atoms with E-state index >= 15 is 0 Å². The minimum Gasteiger partial charge on any atom is -0.352 e. The van der Waals surface area contributed by atoms with Crippen LogP contribution in [0.1, 0.15) is 28.0 Å². The van der Waals surface area contributed by atoms with Gasteiger partial charge in [-0.1, -0.05) is 6.07 Å². The molecule has 5 heteroatoms. The summed E-state index contributed by atoms with van der Waals surface area (Å²) in [4.78, 5) is 17.2. The molecule has 0 saturated heterocycles. The van der Waals surface area contributed by atoms with Gasteiger partial charge >= 0.3 is 0 Å². The zero-order valence-corrected chi connectivity index (χ0v) is 13.1. The standard InChI is InChI=1S/C16H17N3OS/c1-4-17-16(20)14-7-8-15(21-14)19-11(3)18-12-9-10(2)5-6-13(12)19/h5-9H,4H2,1-3H3,(H,17,20). The maximum atomic E-state index is 11.9. The average molecular weight is 299 g/mol. The Labute approximate surface area is 127 Å². The van der Waals surface area contributed by atoms with Crippen molar-refractivity contribution in [3.05, 3.63) is 46.6 Å². The molecule has 21 heavy (non-hydrogen) atoms. The summed E-state index contributed by atoms with van der Waals surface area (Å²) >= 11 is 1.48. The maximum Gasteiger partial charge on any atom is 0.261 e. The largest absolute Gasteiger partial charge is 0.352 e. The van der Waals surface area contributed by atoms with Crippen LogP contribution in [-0.2, 0) is 0 Å². The number of benzene rings is 1. The summed E-state index contributed by atoms with van der Waals surface area (Å²) in [6, 6.07) is 10.1. The van der Waals surface area contributed by atoms with Crippen molar-refractivity contribution in [3.63, 3.8) is 0 Å². The van der Waals surface area contributed by atoms with Crippen molar-refractivity contribution in [1.29, 1.82) is 0 Å². The van der Waals surface area contributed by atoms with Crippen molar-refractivity contribution < 1.29 is 4.79 Å². The number of amides is 1. The zero-order valence-electron chi connectivity index (χ0n) is 12.3. The predicted molar refractivity (Wildman–Crippen MR) is 86.4 cm³/mol. The SMILES string of the molecule is CCNC(=O)c1ccc(-n2c(C)nc3cc(C)ccc32)s1. The number of carbonyl (C=O) groups is 1. The number of nitrogens with one attached hydrogen (secondary N) is 1. The van der Waals surface area contributed by atoms with Crippen molar-refractivity contribution in [3.8, 4) is 5.00 Å². The Hall–Kier alpha value is -2.14. The van der Waals surface area contributed by atoms with Crippen molar-refractivity contribution in [2.24, 2.45) is 0 Å². The van der Waals surface area contributed by atoms with Gasteiger partial charge in [0.25, 0.3) is 5.91 Å². The zero-order chi connectivity index (χ0) is 15.0. The number of hydrogen-bond donors (Lipinski definition) is 1. The molecule has 0 saturated carbocycles. The molecule has 2 heterocycles. The van der Waals surface area contributed by atoms with Gasteiger partial charge in [-0.2, -0.15) is 0 Å². The van der Waals surface area contributed by atoms with E-state index < -0.39 is 0 Å². The smallest absolute Gasteiger partial charge is 0.261 e. The summed E-state index contributed by atoms with van der Waals surface area (Å²) in [6.07, 6.45) is 0. The fraction of sp³-hybridized carbons (Fsp3) is 0.250. The fourth-order valence-corrected chi connectivity index (χ4v) is 3.39. The van der Waals surface area contributed by atoms with Crippen LogP contribution in [-0.4, -0.2) is 22.0 Å². The molecule has 1 N–H and O–H groups in total. The van der Waals surface area contributed by atoms with Crippen LogP contribution >= 0.6 is 11.3 Å². The van der Waals surface area contributed by atoms with Gasteiger partial charge in [-0.3, -0.25) is 9.36 Å². The first-order valence-electron chi connectivity index (χ1n) is 6.94. The molecule has 2 aromatic heterocycles. The van der Waals surface area contributed by atoms with Crippen LogP contribution in [0.5, 0.6) is 0 Å². The molecule has 0 unspecified atom stereocenters. The van der Waals surface area contributed by atoms with Gasteiger partial charge in [-0.15, -0.1) is 11.3 Å². The summed E-state index contributed by atoms with van der Waals surface area (Å²) in [5.41, 5.74) is 3.25. The topological polar surface area (TPSA) is 46.9 Å². The molecular weight excluding hydrogens is 282 g/mol. The summed E-state index contributed by atoms with van der Waals surface area (Å²) in [7, 11) is 0. The minimum absolute atomic E-state index is 0.0216. The van der Waals surface area contributed by atoms with Gasteiger partial charge in [-0.05, 0) is 50.6 Å². The lowest BCUT2D eigenvalue weighted by molar-refractivity contribution is 0.0960. The van der Waals surface area contributed by atoms with Crippen LogP contribution in [0.4, 0.5) is 0 Å². The number of nitrogens with zero attached hydrogens (tertiary/aromatic N) is 2. The Bertz CT molecular complexity index is 816. The predicted octanol–water partition coefficient (Wildman–Crippen LogP) is 3.45. The lowest BCUT2D eigenvalue weighted by Crippen LogP contribution is -2.21. The van der Waals surface area contributed by atoms with Crippen LogP contribution in [0.15, 0.2) is 30.3 Å². The van der Waals surface area contributed by atoms with Crippen LogP contribution < -0.4 is 5.32 Å². The van der Waals surface area contributed by atoms with Crippen LogP contribution in [0.3, 0.4) is 0 Å². The van der Waals surface area contributed by atoms with Gasteiger partial charge in [0.15, 0.2) is 0 Å². The molecule has 0 spiro atoms. The third-order valence-corrected chi connectivity index (χ3v) is 4.42. The molecule has 0 aliphatic heterocycles. The van der Waals surface area contributed by atoms with E-state index in [1.54, 1.807) is 0 Å². The van der Waals surface area contributed by atoms with Gasteiger partial charge in [0.2, 0.25) is 0 Å². The summed E-state index contributed by atoms with van der Waals surface area (Å²) in [5, 5.41) is 3.84. The molecule has 0 fully saturated rings. The number of carbonyl (C=O) groups excluding carboxylic acids is 1. The Morgan fingerprint density at radius 2 is 2.10 bits per heavy atom. The molecule has 4 nitrogen and oxygen atoms in total. The molecule has 3 aromatic rings. The molecule has 108 valence electrons. The van der Waals surface area contributed by atoms with Gasteiger partial charge < -0.3 is 5.32 Å². The normalized spacial score (nSPS) is 11.0. The second-order valence-corrected chi connectivity index (χ2v) is 6.05. The lowest BCUT2D eigenvalue weighted by Gasteiger charge is -2.03. The summed E-state index contributed by atoms with van der Waals surface area (Å²) in [6.45, 7) is 6.60. The molecule has 0 aliphatic rings. The third-order valence-electron chi connectivity index (χ3n) is 3.35. The minimum atomic E-state index is -0.0216. The van der Waals surface area contributed by atoms with Crippen LogP contribution in [0.25, 0.3) is 16.0 Å². The van der Waals surface area contributed by atoms with E-state index in [1.165, 1.54) is 16.9 Å². The van der Waals surface area contributed by atoms with E-state index in [-0.39, 0.29) is 5.91 Å². The average Bonchev–Trinajstić information content (AvgIpc) is 3.02. The van der Waals surface area contributed by atoms with Gasteiger partial charge in [0.05, 0.1) is 15.9 Å². The van der Waals surface area contributed by atoms with Crippen LogP contribution in [0, 0.1) is 13.8 Å². The Morgan fingerprint density at radius 3 is 2.86 bits per heavy atom. The molecule has 1 amide bonds. The first kappa shape index (κ1) is 13.8. The van der Waals surface area contributed by atoms with Gasteiger partial charge in [0, 0.05) is 6.54 Å². The van der Waals surface area contributed by atoms with Crippen LogP contribution in [0.2, 0.25) is 0 Å². The first-order chi connectivity index (χ1) is 10.1. The number of thiophene rings is 1. The van der Waals surface area contributed by atoms with E-state index in [9.17, 15) is 4.79 Å². The third kappa shape index (κ3) is 2.45. The number of hydrogen-bond acceptors (Lipinski definition) is 3. The van der Waals surface area contributed by atoms with E-state index in [1.807, 2.05) is 26.0 Å². The molecule has 0 aliphatic carbocycles. The number of aromatic nitrogens is 2. The van der Waals surface area contributed by atoms with E-state index in [0.717, 1.165) is 26.7 Å². The highest BCUT2D eigenvalue weighted by Crippen LogP contribution is 2.27. The Morgan fingerprint density at radius 1 is 1.29 bits per heavy atom. The van der Waals surface area contributed by atoms with Crippen molar-refractivity contribution in [2.45, 2.75) is 20.8 Å². The lowest BCUT2D eigenvalue weighted by atomic mass is 10.2. The quantitative estimate of drug-likeness (QED) is 0.805. The monoisotopic (exact) mass is 299 g/mol. The van der Waals surface area contributed by atoms with Gasteiger partial charge in [-0.25, -0.2) is 4.98 Å². The van der Waals surface area contributed by atoms with Crippen molar-refractivity contribution in [1.82, 2.24) is 14.9 Å². The fourth-order valence-electron chi connectivity index (χ4n) is 2.41. The molecule has 0 bridgehead atoms. The molecular formula is C16H17N3OS. The highest BCUT2D eigenvalue weighted by atomic mass is 32.1. The molecule has 0 radical (unpaired) electrons. The number of fused-ring (bicyclic) bond motifs is 1. The van der Waals surface area contributed by atoms with Crippen molar-refractivity contribution >= 4 is 28.3 Å². The maximum absolute atomic E-state index is 11.9. The Kier molecular flexibility index (Phi) is 3.51. The van der Waals surface area contributed by atoms with E-state index in [0.29, 0.717) is 6.54 Å². The van der Waals surface area contributed by atoms with E-state index in [4.69, 9.17) is 0 Å². The summed E-state index contributed by atoms with van der Waals surface area (Å²) < 4.78 is 2.10. The van der Waals surface area contributed by atoms with Gasteiger partial charge in [0.1, 0.15) is 10.8 Å². The first-order valence-corrected chi connectivity index (χ1v) is 7.76. The number of imidazole rings is 1. The second kappa shape index (κ2) is 5.33. The Balaban J connectivity index is 2.08. The highest BCUT2D eigenvalue weighted by Gasteiger charge is 2.13. The molecule has 3 rings (SSSR count). The second-order valence-electron chi connectivity index (χ2n) is 4.98. The molecule has 1 aromatic carbocycles. The van der Waals surface area contributed by atoms with Crippen molar-refractivity contribution in [2.75, 3.05) is 6.54 Å².